The van der Waals surface area contributed by atoms with Crippen molar-refractivity contribution in [2.24, 2.45) is 0 Å². The van der Waals surface area contributed by atoms with E-state index in [2.05, 4.69) is 31.3 Å². The summed E-state index contributed by atoms with van der Waals surface area (Å²) in [6, 6.07) is 0. The summed E-state index contributed by atoms with van der Waals surface area (Å²) in [6.45, 7) is 6.49. The van der Waals surface area contributed by atoms with Crippen molar-refractivity contribution in [3.8, 4) is 0 Å². The van der Waals surface area contributed by atoms with Gasteiger partial charge in [-0.25, -0.2) is 0 Å². The van der Waals surface area contributed by atoms with E-state index < -0.39 is 0 Å². The number of rotatable bonds is 22. The van der Waals surface area contributed by atoms with Gasteiger partial charge in [-0.1, -0.05) is 90.2 Å². The average molecular weight is 396 g/mol. The molecule has 3 heteroatoms. The number of carbonyl (C=O) groups excluding carboxylic acids is 1. The van der Waals surface area contributed by atoms with Gasteiger partial charge in [-0.2, -0.15) is 0 Å². The lowest BCUT2D eigenvalue weighted by atomic mass is 10.1. The fourth-order valence-corrected chi connectivity index (χ4v) is 3.24. The number of allylic oxidation sites excluding steroid dienone is 2. The molecule has 1 amide bonds. The zero-order valence-electron chi connectivity index (χ0n) is 19.1. The SMILES string of the molecule is CCCCCCCC/C=C\CCCCCCCCOCCNC(=O)CCCC. The van der Waals surface area contributed by atoms with Crippen molar-refractivity contribution in [1.82, 2.24) is 5.32 Å². The minimum atomic E-state index is 0.155. The van der Waals surface area contributed by atoms with Gasteiger partial charge in [0.1, 0.15) is 0 Å². The molecule has 3 nitrogen and oxygen atoms in total. The number of hydrogen-bond donors (Lipinski definition) is 1. The Bertz CT molecular complexity index is 341. The van der Waals surface area contributed by atoms with Crippen molar-refractivity contribution in [1.29, 1.82) is 0 Å². The van der Waals surface area contributed by atoms with Crippen LogP contribution < -0.4 is 5.32 Å². The van der Waals surface area contributed by atoms with Gasteiger partial charge in [-0.15, -0.1) is 0 Å². The minimum absolute atomic E-state index is 0.155. The van der Waals surface area contributed by atoms with Crippen LogP contribution in [0, 0.1) is 0 Å². The summed E-state index contributed by atoms with van der Waals surface area (Å²) in [5.74, 6) is 0.155. The van der Waals surface area contributed by atoms with Gasteiger partial charge in [0.15, 0.2) is 0 Å². The molecule has 0 rings (SSSR count). The molecule has 0 spiro atoms. The third-order valence-electron chi connectivity index (χ3n) is 5.13. The van der Waals surface area contributed by atoms with Crippen LogP contribution in [0.1, 0.15) is 123 Å². The Morgan fingerprint density at radius 1 is 0.679 bits per heavy atom. The monoisotopic (exact) mass is 395 g/mol. The van der Waals surface area contributed by atoms with Crippen LogP contribution in [0.4, 0.5) is 0 Å². The first-order chi connectivity index (χ1) is 13.8. The molecule has 0 fully saturated rings. The van der Waals surface area contributed by atoms with Crippen LogP contribution in [-0.2, 0) is 9.53 Å². The van der Waals surface area contributed by atoms with E-state index in [1.807, 2.05) is 0 Å². The Kier molecular flexibility index (Phi) is 23.5. The summed E-state index contributed by atoms with van der Waals surface area (Å²) in [5.41, 5.74) is 0. The molecule has 0 unspecified atom stereocenters. The molecule has 0 atom stereocenters. The highest BCUT2D eigenvalue weighted by Crippen LogP contribution is 2.10. The molecule has 166 valence electrons. The number of unbranched alkanes of at least 4 members (excludes halogenated alkanes) is 13. The first-order valence-corrected chi connectivity index (χ1v) is 12.3. The van der Waals surface area contributed by atoms with Crippen LogP contribution in [0.15, 0.2) is 12.2 Å². The third kappa shape index (κ3) is 23.2. The van der Waals surface area contributed by atoms with Gasteiger partial charge in [0.2, 0.25) is 5.91 Å². The molecule has 0 radical (unpaired) electrons. The van der Waals surface area contributed by atoms with E-state index in [0.29, 0.717) is 19.6 Å². The van der Waals surface area contributed by atoms with Crippen LogP contribution in [-0.4, -0.2) is 25.7 Å². The summed E-state index contributed by atoms with van der Waals surface area (Å²) in [4.78, 5) is 11.4. The van der Waals surface area contributed by atoms with Crippen LogP contribution in [0.5, 0.6) is 0 Å². The van der Waals surface area contributed by atoms with E-state index >= 15 is 0 Å². The topological polar surface area (TPSA) is 38.3 Å². The number of ether oxygens (including phenoxy) is 1. The van der Waals surface area contributed by atoms with Crippen LogP contribution >= 0.6 is 0 Å². The molecule has 0 aromatic rings. The summed E-state index contributed by atoms with van der Waals surface area (Å²) in [6.07, 6.45) is 26.1. The Morgan fingerprint density at radius 2 is 1.21 bits per heavy atom. The van der Waals surface area contributed by atoms with Gasteiger partial charge in [-0.3, -0.25) is 4.79 Å². The molecule has 0 aromatic heterocycles. The van der Waals surface area contributed by atoms with Crippen molar-refractivity contribution in [2.45, 2.75) is 123 Å². The lowest BCUT2D eigenvalue weighted by molar-refractivity contribution is -0.121. The fraction of sp³-hybridized carbons (Fsp3) is 0.880. The molecular weight excluding hydrogens is 346 g/mol. The second-order valence-electron chi connectivity index (χ2n) is 8.00. The fourth-order valence-electron chi connectivity index (χ4n) is 3.24. The van der Waals surface area contributed by atoms with E-state index in [1.165, 1.54) is 83.5 Å². The summed E-state index contributed by atoms with van der Waals surface area (Å²) < 4.78 is 5.58. The van der Waals surface area contributed by atoms with Crippen LogP contribution in [0.2, 0.25) is 0 Å². The van der Waals surface area contributed by atoms with Crippen molar-refractivity contribution < 1.29 is 9.53 Å². The largest absolute Gasteiger partial charge is 0.380 e. The highest BCUT2D eigenvalue weighted by atomic mass is 16.5. The molecule has 0 saturated heterocycles. The number of carbonyl (C=O) groups is 1. The van der Waals surface area contributed by atoms with Crippen LogP contribution in [0.3, 0.4) is 0 Å². The lowest BCUT2D eigenvalue weighted by Crippen LogP contribution is -2.27. The van der Waals surface area contributed by atoms with Crippen molar-refractivity contribution in [3.63, 3.8) is 0 Å². The van der Waals surface area contributed by atoms with E-state index in [9.17, 15) is 4.79 Å². The Balaban J connectivity index is 3.12. The predicted molar refractivity (Wildman–Crippen MR) is 123 cm³/mol. The maximum Gasteiger partial charge on any atom is 0.220 e. The highest BCUT2D eigenvalue weighted by molar-refractivity contribution is 5.75. The van der Waals surface area contributed by atoms with Crippen molar-refractivity contribution >= 4 is 5.91 Å². The summed E-state index contributed by atoms with van der Waals surface area (Å²) in [7, 11) is 0. The van der Waals surface area contributed by atoms with Gasteiger partial charge >= 0.3 is 0 Å². The zero-order chi connectivity index (χ0) is 20.5. The molecule has 0 aliphatic rings. The second kappa shape index (κ2) is 24.2. The summed E-state index contributed by atoms with van der Waals surface area (Å²) in [5, 5.41) is 2.90. The van der Waals surface area contributed by atoms with E-state index in [4.69, 9.17) is 4.74 Å². The highest BCUT2D eigenvalue weighted by Gasteiger charge is 1.98. The molecule has 0 aliphatic carbocycles. The molecule has 0 aromatic carbocycles. The molecule has 28 heavy (non-hydrogen) atoms. The molecule has 1 N–H and O–H groups in total. The molecule has 0 heterocycles. The van der Waals surface area contributed by atoms with Gasteiger partial charge < -0.3 is 10.1 Å². The smallest absolute Gasteiger partial charge is 0.220 e. The average Bonchev–Trinajstić information content (AvgIpc) is 2.70. The first-order valence-electron chi connectivity index (χ1n) is 12.3. The molecule has 0 aliphatic heterocycles. The van der Waals surface area contributed by atoms with Gasteiger partial charge in [0.05, 0.1) is 6.61 Å². The van der Waals surface area contributed by atoms with E-state index in [-0.39, 0.29) is 5.91 Å². The molecular formula is C25H49NO2. The quantitative estimate of drug-likeness (QED) is 0.154. The lowest BCUT2D eigenvalue weighted by Gasteiger charge is -2.06. The normalized spacial score (nSPS) is 11.4. The minimum Gasteiger partial charge on any atom is -0.380 e. The maximum absolute atomic E-state index is 11.4. The number of hydrogen-bond acceptors (Lipinski definition) is 2. The maximum atomic E-state index is 11.4. The molecule has 0 bridgehead atoms. The van der Waals surface area contributed by atoms with Crippen LogP contribution in [0.25, 0.3) is 0 Å². The molecule has 0 saturated carbocycles. The zero-order valence-corrected chi connectivity index (χ0v) is 19.1. The Morgan fingerprint density at radius 3 is 1.82 bits per heavy atom. The number of nitrogens with one attached hydrogen (secondary N) is 1. The predicted octanol–water partition coefficient (Wildman–Crippen LogP) is 7.35. The van der Waals surface area contributed by atoms with Gasteiger partial charge in [0.25, 0.3) is 0 Å². The van der Waals surface area contributed by atoms with Gasteiger partial charge in [-0.05, 0) is 38.5 Å². The van der Waals surface area contributed by atoms with E-state index in [0.717, 1.165) is 25.9 Å². The first kappa shape index (κ1) is 27.2. The van der Waals surface area contributed by atoms with Crippen molar-refractivity contribution in [2.75, 3.05) is 19.8 Å². The second-order valence-corrected chi connectivity index (χ2v) is 8.00. The van der Waals surface area contributed by atoms with E-state index in [1.54, 1.807) is 0 Å². The Labute approximate surface area is 176 Å². The number of amides is 1. The third-order valence-corrected chi connectivity index (χ3v) is 5.13. The van der Waals surface area contributed by atoms with Gasteiger partial charge in [0, 0.05) is 19.6 Å². The Hall–Kier alpha value is -0.830. The van der Waals surface area contributed by atoms with Crippen molar-refractivity contribution in [3.05, 3.63) is 12.2 Å². The summed E-state index contributed by atoms with van der Waals surface area (Å²) >= 11 is 0. The standard InChI is InChI=1S/C25H49NO2/c1-3-5-7-8-9-10-11-12-13-14-15-16-17-18-19-20-23-28-24-22-26-25(27)21-6-4-2/h12-13H,3-11,14-24H2,1-2H3,(H,26,27)/b13-12-.